The second kappa shape index (κ2) is 9.02. The lowest BCUT2D eigenvalue weighted by atomic mass is 10.1. The maximum atomic E-state index is 12.8. The number of carbonyl (C=O) groups is 1. The summed E-state index contributed by atoms with van der Waals surface area (Å²) in [5.74, 6) is -0.112. The van der Waals surface area contributed by atoms with Gasteiger partial charge in [0.05, 0.1) is 21.5 Å². The lowest BCUT2D eigenvalue weighted by Gasteiger charge is -2.33. The number of piperazine rings is 1. The van der Waals surface area contributed by atoms with Crippen LogP contribution < -0.4 is 5.32 Å². The number of benzene rings is 2. The zero-order valence-electron chi connectivity index (χ0n) is 16.3. The molecular weight excluding hydrogens is 433 g/mol. The molecule has 1 aliphatic heterocycles. The van der Waals surface area contributed by atoms with Crippen LogP contribution in [0.1, 0.15) is 11.1 Å². The zero-order valence-corrected chi connectivity index (χ0v) is 18.6. The molecule has 0 aromatic heterocycles. The van der Waals surface area contributed by atoms with Crippen LogP contribution in [0.4, 0.5) is 5.69 Å². The SMILES string of the molecule is Cc1cccc(NC(=O)CN2CCN(S(=O)(=O)c3ccc(Cl)c(Cl)c3)CC2)c1C. The van der Waals surface area contributed by atoms with E-state index in [1.54, 1.807) is 0 Å². The molecule has 1 aliphatic rings. The monoisotopic (exact) mass is 455 g/mol. The van der Waals surface area contributed by atoms with Gasteiger partial charge in [0.15, 0.2) is 0 Å². The van der Waals surface area contributed by atoms with Gasteiger partial charge in [-0.2, -0.15) is 4.31 Å². The molecule has 1 amide bonds. The van der Waals surface area contributed by atoms with Crippen molar-refractivity contribution in [3.8, 4) is 0 Å². The van der Waals surface area contributed by atoms with Gasteiger partial charge in [-0.1, -0.05) is 35.3 Å². The number of sulfonamides is 1. The van der Waals surface area contributed by atoms with Crippen molar-refractivity contribution in [2.45, 2.75) is 18.7 Å². The zero-order chi connectivity index (χ0) is 21.2. The first kappa shape index (κ1) is 22.1. The van der Waals surface area contributed by atoms with Crippen molar-refractivity contribution in [3.63, 3.8) is 0 Å². The molecule has 156 valence electrons. The predicted molar refractivity (Wildman–Crippen MR) is 116 cm³/mol. The number of carbonyl (C=O) groups excluding carboxylic acids is 1. The van der Waals surface area contributed by atoms with E-state index in [1.165, 1.54) is 22.5 Å². The fourth-order valence-corrected chi connectivity index (χ4v) is 5.01. The number of aryl methyl sites for hydroxylation is 1. The van der Waals surface area contributed by atoms with E-state index in [0.717, 1.165) is 16.8 Å². The molecule has 2 aromatic rings. The Labute approximate surface area is 181 Å². The molecule has 1 saturated heterocycles. The maximum absolute atomic E-state index is 12.8. The van der Waals surface area contributed by atoms with Crippen molar-refractivity contribution in [3.05, 3.63) is 57.6 Å². The number of amides is 1. The van der Waals surface area contributed by atoms with Gasteiger partial charge in [0, 0.05) is 31.9 Å². The first-order chi connectivity index (χ1) is 13.7. The summed E-state index contributed by atoms with van der Waals surface area (Å²) in [6, 6.07) is 10.1. The van der Waals surface area contributed by atoms with Crippen molar-refractivity contribution in [2.75, 3.05) is 38.0 Å². The average Bonchev–Trinajstić information content (AvgIpc) is 2.68. The molecule has 0 bridgehead atoms. The lowest BCUT2D eigenvalue weighted by Crippen LogP contribution is -2.50. The minimum Gasteiger partial charge on any atom is -0.325 e. The van der Waals surface area contributed by atoms with E-state index >= 15 is 0 Å². The van der Waals surface area contributed by atoms with Gasteiger partial charge in [-0.05, 0) is 49.2 Å². The Bertz CT molecular complexity index is 1020. The third kappa shape index (κ3) is 5.10. The Kier molecular flexibility index (Phi) is 6.86. The van der Waals surface area contributed by atoms with Crippen LogP contribution in [-0.2, 0) is 14.8 Å². The number of nitrogens with zero attached hydrogens (tertiary/aromatic N) is 2. The highest BCUT2D eigenvalue weighted by molar-refractivity contribution is 7.89. The maximum Gasteiger partial charge on any atom is 0.243 e. The highest BCUT2D eigenvalue weighted by Gasteiger charge is 2.29. The Hall–Kier alpha value is -1.64. The number of hydrogen-bond donors (Lipinski definition) is 1. The first-order valence-corrected chi connectivity index (χ1v) is 11.4. The third-order valence-corrected chi connectivity index (χ3v) is 7.74. The Balaban J connectivity index is 1.58. The summed E-state index contributed by atoms with van der Waals surface area (Å²) in [5.41, 5.74) is 2.96. The van der Waals surface area contributed by atoms with Crippen LogP contribution in [0.5, 0.6) is 0 Å². The van der Waals surface area contributed by atoms with Crippen LogP contribution in [-0.4, -0.2) is 56.3 Å². The van der Waals surface area contributed by atoms with Gasteiger partial charge >= 0.3 is 0 Å². The van der Waals surface area contributed by atoms with Gasteiger partial charge in [-0.25, -0.2) is 8.42 Å². The van der Waals surface area contributed by atoms with E-state index < -0.39 is 10.0 Å². The smallest absolute Gasteiger partial charge is 0.243 e. The Morgan fingerprint density at radius 1 is 1.03 bits per heavy atom. The van der Waals surface area contributed by atoms with Crippen molar-refractivity contribution in [1.29, 1.82) is 0 Å². The Morgan fingerprint density at radius 3 is 2.38 bits per heavy atom. The largest absolute Gasteiger partial charge is 0.325 e. The van der Waals surface area contributed by atoms with Crippen molar-refractivity contribution in [1.82, 2.24) is 9.21 Å². The highest BCUT2D eigenvalue weighted by atomic mass is 35.5. The van der Waals surface area contributed by atoms with Crippen LogP contribution >= 0.6 is 23.2 Å². The Morgan fingerprint density at radius 2 is 1.72 bits per heavy atom. The van der Waals surface area contributed by atoms with E-state index in [0.29, 0.717) is 31.2 Å². The summed E-state index contributed by atoms with van der Waals surface area (Å²) < 4.78 is 27.0. The van der Waals surface area contributed by atoms with Crippen molar-refractivity contribution >= 4 is 44.8 Å². The molecule has 1 fully saturated rings. The standard InChI is InChI=1S/C20H23Cl2N3O3S/c1-14-4-3-5-19(15(14)2)23-20(26)13-24-8-10-25(11-9-24)29(27,28)16-6-7-17(21)18(22)12-16/h3-7,12H,8-11,13H2,1-2H3,(H,23,26). The summed E-state index contributed by atoms with van der Waals surface area (Å²) in [4.78, 5) is 14.5. The van der Waals surface area contributed by atoms with Crippen molar-refractivity contribution in [2.24, 2.45) is 0 Å². The second-order valence-electron chi connectivity index (χ2n) is 7.05. The van der Waals surface area contributed by atoms with E-state index in [9.17, 15) is 13.2 Å². The van der Waals surface area contributed by atoms with Crippen LogP contribution in [0, 0.1) is 13.8 Å². The fraction of sp³-hybridized carbons (Fsp3) is 0.350. The summed E-state index contributed by atoms with van der Waals surface area (Å²) in [6.45, 7) is 5.74. The minimum absolute atomic E-state index is 0.112. The van der Waals surface area contributed by atoms with Gasteiger partial charge < -0.3 is 5.32 Å². The number of rotatable bonds is 5. The molecule has 0 aliphatic carbocycles. The molecule has 0 saturated carbocycles. The minimum atomic E-state index is -3.65. The van der Waals surface area contributed by atoms with E-state index in [4.69, 9.17) is 23.2 Å². The molecule has 0 spiro atoms. The molecule has 1 N–H and O–H groups in total. The molecule has 6 nitrogen and oxygen atoms in total. The van der Waals surface area contributed by atoms with Gasteiger partial charge in [-0.15, -0.1) is 0 Å². The van der Waals surface area contributed by atoms with Gasteiger partial charge in [-0.3, -0.25) is 9.69 Å². The number of halogens is 2. The molecule has 29 heavy (non-hydrogen) atoms. The molecule has 9 heteroatoms. The van der Waals surface area contributed by atoms with E-state index in [2.05, 4.69) is 5.32 Å². The number of hydrogen-bond acceptors (Lipinski definition) is 4. The van der Waals surface area contributed by atoms with Crippen LogP contribution in [0.2, 0.25) is 10.0 Å². The fourth-order valence-electron chi connectivity index (χ4n) is 3.19. The van der Waals surface area contributed by atoms with Crippen LogP contribution in [0.3, 0.4) is 0 Å². The molecule has 0 atom stereocenters. The highest BCUT2D eigenvalue weighted by Crippen LogP contribution is 2.27. The summed E-state index contributed by atoms with van der Waals surface area (Å²) in [7, 11) is -3.65. The summed E-state index contributed by atoms with van der Waals surface area (Å²) >= 11 is 11.8. The molecule has 2 aromatic carbocycles. The predicted octanol–water partition coefficient (Wildman–Crippen LogP) is 3.56. The van der Waals surface area contributed by atoms with Gasteiger partial charge in [0.2, 0.25) is 15.9 Å². The third-order valence-electron chi connectivity index (χ3n) is 5.11. The number of nitrogens with one attached hydrogen (secondary N) is 1. The van der Waals surface area contributed by atoms with E-state index in [-0.39, 0.29) is 22.4 Å². The van der Waals surface area contributed by atoms with E-state index in [1.807, 2.05) is 36.9 Å². The molecular formula is C20H23Cl2N3O3S. The van der Waals surface area contributed by atoms with Gasteiger partial charge in [0.1, 0.15) is 0 Å². The topological polar surface area (TPSA) is 69.7 Å². The average molecular weight is 456 g/mol. The number of anilines is 1. The normalized spacial score (nSPS) is 16.0. The van der Waals surface area contributed by atoms with Gasteiger partial charge in [0.25, 0.3) is 0 Å². The summed E-state index contributed by atoms with van der Waals surface area (Å²) in [5, 5.41) is 3.45. The quantitative estimate of drug-likeness (QED) is 0.747. The second-order valence-corrected chi connectivity index (χ2v) is 9.80. The lowest BCUT2D eigenvalue weighted by molar-refractivity contribution is -0.117. The first-order valence-electron chi connectivity index (χ1n) is 9.22. The molecule has 0 unspecified atom stereocenters. The molecule has 0 radical (unpaired) electrons. The van der Waals surface area contributed by atoms with Crippen molar-refractivity contribution < 1.29 is 13.2 Å². The summed E-state index contributed by atoms with van der Waals surface area (Å²) in [6.07, 6.45) is 0. The van der Waals surface area contributed by atoms with Crippen LogP contribution in [0.15, 0.2) is 41.3 Å². The van der Waals surface area contributed by atoms with Crippen LogP contribution in [0.25, 0.3) is 0 Å². The molecule has 1 heterocycles. The molecule has 3 rings (SSSR count).